The van der Waals surface area contributed by atoms with Crippen LogP contribution in [0.1, 0.15) is 45.2 Å². The summed E-state index contributed by atoms with van der Waals surface area (Å²) in [6.45, 7) is 7.36. The number of rotatable bonds is 8. The van der Waals surface area contributed by atoms with Gasteiger partial charge in [-0.2, -0.15) is 0 Å². The van der Waals surface area contributed by atoms with Crippen LogP contribution in [0, 0.1) is 11.7 Å². The van der Waals surface area contributed by atoms with Crippen molar-refractivity contribution in [2.24, 2.45) is 5.92 Å². The highest BCUT2D eigenvalue weighted by atomic mass is 79.9. The lowest BCUT2D eigenvalue weighted by atomic mass is 9.93. The Morgan fingerprint density at radius 1 is 1.24 bits per heavy atom. The molecule has 0 fully saturated rings. The summed E-state index contributed by atoms with van der Waals surface area (Å²) < 4.78 is 14.8. The lowest BCUT2D eigenvalue weighted by Crippen LogP contribution is -2.43. The molecule has 0 aliphatic heterocycles. The highest BCUT2D eigenvalue weighted by molar-refractivity contribution is 9.10. The molecule has 0 saturated heterocycles. The summed E-state index contributed by atoms with van der Waals surface area (Å²) in [4.78, 5) is 2.27. The first kappa shape index (κ1) is 18.6. The standard InChI is InChI=1S/C17H28BrFN2/c1-6-13(7-2)17(21(4)5)11-20-12(3)15-10-14(18)8-9-16(15)19/h8-10,12-13,17,20H,6-7,11H2,1-5H3. The maximum Gasteiger partial charge on any atom is 0.128 e. The normalized spacial score (nSPS) is 14.7. The summed E-state index contributed by atoms with van der Waals surface area (Å²) in [5.74, 6) is 0.509. The number of nitrogens with one attached hydrogen (secondary N) is 1. The lowest BCUT2D eigenvalue weighted by Gasteiger charge is -2.32. The van der Waals surface area contributed by atoms with Crippen molar-refractivity contribution in [1.82, 2.24) is 10.2 Å². The molecular formula is C17H28BrFN2. The zero-order valence-electron chi connectivity index (χ0n) is 13.8. The van der Waals surface area contributed by atoms with Gasteiger partial charge in [-0.05, 0) is 45.1 Å². The van der Waals surface area contributed by atoms with Gasteiger partial charge in [0.05, 0.1) is 0 Å². The third kappa shape index (κ3) is 5.35. The molecule has 2 unspecified atom stereocenters. The summed E-state index contributed by atoms with van der Waals surface area (Å²) in [7, 11) is 4.24. The molecule has 1 N–H and O–H groups in total. The van der Waals surface area contributed by atoms with E-state index in [0.717, 1.165) is 11.0 Å². The molecule has 0 bridgehead atoms. The Labute approximate surface area is 137 Å². The molecule has 0 aromatic heterocycles. The second kappa shape index (κ2) is 8.86. The van der Waals surface area contributed by atoms with E-state index < -0.39 is 0 Å². The van der Waals surface area contributed by atoms with Crippen molar-refractivity contribution in [3.8, 4) is 0 Å². The average Bonchev–Trinajstić information content (AvgIpc) is 2.45. The Bertz CT molecular complexity index is 433. The van der Waals surface area contributed by atoms with E-state index in [1.54, 1.807) is 6.07 Å². The summed E-state index contributed by atoms with van der Waals surface area (Å²) in [5, 5.41) is 3.50. The number of benzene rings is 1. The van der Waals surface area contributed by atoms with Gasteiger partial charge >= 0.3 is 0 Å². The smallest absolute Gasteiger partial charge is 0.128 e. The molecule has 120 valence electrons. The molecule has 2 nitrogen and oxygen atoms in total. The van der Waals surface area contributed by atoms with Gasteiger partial charge in [-0.1, -0.05) is 42.6 Å². The topological polar surface area (TPSA) is 15.3 Å². The van der Waals surface area contributed by atoms with Crippen molar-refractivity contribution in [3.05, 3.63) is 34.1 Å². The molecule has 1 aromatic rings. The van der Waals surface area contributed by atoms with Gasteiger partial charge < -0.3 is 10.2 Å². The summed E-state index contributed by atoms with van der Waals surface area (Å²) in [5.41, 5.74) is 0.714. The van der Waals surface area contributed by atoms with Crippen molar-refractivity contribution in [3.63, 3.8) is 0 Å². The SMILES string of the molecule is CCC(CC)C(CNC(C)c1cc(Br)ccc1F)N(C)C. The molecule has 0 heterocycles. The molecular weight excluding hydrogens is 331 g/mol. The number of hydrogen-bond acceptors (Lipinski definition) is 2. The molecule has 0 saturated carbocycles. The van der Waals surface area contributed by atoms with Crippen LogP contribution >= 0.6 is 15.9 Å². The fraction of sp³-hybridized carbons (Fsp3) is 0.647. The van der Waals surface area contributed by atoms with Crippen LogP contribution in [-0.4, -0.2) is 31.6 Å². The van der Waals surface area contributed by atoms with Crippen molar-refractivity contribution >= 4 is 15.9 Å². The lowest BCUT2D eigenvalue weighted by molar-refractivity contribution is 0.190. The van der Waals surface area contributed by atoms with Crippen LogP contribution in [0.3, 0.4) is 0 Å². The fourth-order valence-electron chi connectivity index (χ4n) is 2.86. The summed E-state index contributed by atoms with van der Waals surface area (Å²) in [6.07, 6.45) is 2.33. The van der Waals surface area contributed by atoms with Crippen LogP contribution in [0.5, 0.6) is 0 Å². The first-order valence-electron chi connectivity index (χ1n) is 7.75. The number of nitrogens with zero attached hydrogens (tertiary/aromatic N) is 1. The van der Waals surface area contributed by atoms with E-state index in [0.29, 0.717) is 17.5 Å². The quantitative estimate of drug-likeness (QED) is 0.730. The van der Waals surface area contributed by atoms with Crippen molar-refractivity contribution in [1.29, 1.82) is 0 Å². The van der Waals surface area contributed by atoms with E-state index in [2.05, 4.69) is 54.1 Å². The predicted octanol–water partition coefficient (Wildman–Crippen LogP) is 4.61. The highest BCUT2D eigenvalue weighted by Crippen LogP contribution is 2.22. The molecule has 1 rings (SSSR count). The molecule has 1 aromatic carbocycles. The highest BCUT2D eigenvalue weighted by Gasteiger charge is 2.21. The Hall–Kier alpha value is -0.450. The molecule has 21 heavy (non-hydrogen) atoms. The molecule has 2 atom stereocenters. The van der Waals surface area contributed by atoms with E-state index in [4.69, 9.17) is 0 Å². The van der Waals surface area contributed by atoms with Gasteiger partial charge in [-0.15, -0.1) is 0 Å². The largest absolute Gasteiger partial charge is 0.309 e. The van der Waals surface area contributed by atoms with Crippen LogP contribution in [0.15, 0.2) is 22.7 Å². The Balaban J connectivity index is 2.73. The van der Waals surface area contributed by atoms with Gasteiger partial charge in [-0.25, -0.2) is 4.39 Å². The minimum Gasteiger partial charge on any atom is -0.309 e. The molecule has 0 aliphatic carbocycles. The molecule has 0 radical (unpaired) electrons. The Morgan fingerprint density at radius 2 is 1.86 bits per heavy atom. The number of halogens is 2. The van der Waals surface area contributed by atoms with Crippen molar-refractivity contribution < 1.29 is 4.39 Å². The fourth-order valence-corrected chi connectivity index (χ4v) is 3.24. The van der Waals surface area contributed by atoms with Crippen LogP contribution in [0.2, 0.25) is 0 Å². The third-order valence-corrected chi connectivity index (χ3v) is 4.81. The monoisotopic (exact) mass is 358 g/mol. The van der Waals surface area contributed by atoms with E-state index in [9.17, 15) is 4.39 Å². The summed E-state index contributed by atoms with van der Waals surface area (Å²) >= 11 is 3.41. The van der Waals surface area contributed by atoms with E-state index >= 15 is 0 Å². The van der Waals surface area contributed by atoms with E-state index in [-0.39, 0.29) is 11.9 Å². The average molecular weight is 359 g/mol. The zero-order valence-corrected chi connectivity index (χ0v) is 15.4. The van der Waals surface area contributed by atoms with Crippen LogP contribution < -0.4 is 5.32 Å². The molecule has 4 heteroatoms. The van der Waals surface area contributed by atoms with Gasteiger partial charge in [0.2, 0.25) is 0 Å². The second-order valence-electron chi connectivity index (χ2n) is 5.90. The van der Waals surface area contributed by atoms with Gasteiger partial charge in [0.15, 0.2) is 0 Å². The van der Waals surface area contributed by atoms with Crippen LogP contribution in [0.4, 0.5) is 4.39 Å². The summed E-state index contributed by atoms with van der Waals surface area (Å²) in [6, 6.07) is 5.58. The maximum absolute atomic E-state index is 13.9. The first-order chi connectivity index (χ1) is 9.90. The zero-order chi connectivity index (χ0) is 16.0. The third-order valence-electron chi connectivity index (χ3n) is 4.31. The van der Waals surface area contributed by atoms with E-state index in [1.165, 1.54) is 18.9 Å². The number of hydrogen-bond donors (Lipinski definition) is 1. The molecule has 0 spiro atoms. The molecule has 0 aliphatic rings. The van der Waals surface area contributed by atoms with Crippen molar-refractivity contribution in [2.75, 3.05) is 20.6 Å². The molecule has 0 amide bonds. The number of likely N-dealkylation sites (N-methyl/N-ethyl adjacent to an activating group) is 1. The van der Waals surface area contributed by atoms with Crippen LogP contribution in [0.25, 0.3) is 0 Å². The minimum atomic E-state index is -0.151. The van der Waals surface area contributed by atoms with Crippen molar-refractivity contribution in [2.45, 2.75) is 45.7 Å². The first-order valence-corrected chi connectivity index (χ1v) is 8.54. The second-order valence-corrected chi connectivity index (χ2v) is 6.82. The van der Waals surface area contributed by atoms with Gasteiger partial charge in [0, 0.05) is 28.7 Å². The van der Waals surface area contributed by atoms with Crippen LogP contribution in [-0.2, 0) is 0 Å². The van der Waals surface area contributed by atoms with E-state index in [1.807, 2.05) is 13.0 Å². The minimum absolute atomic E-state index is 0.000637. The van der Waals surface area contributed by atoms with Gasteiger partial charge in [0.1, 0.15) is 5.82 Å². The predicted molar refractivity (Wildman–Crippen MR) is 92.1 cm³/mol. The maximum atomic E-state index is 13.9. The Kier molecular flexibility index (Phi) is 7.85. The Morgan fingerprint density at radius 3 is 2.38 bits per heavy atom. The van der Waals surface area contributed by atoms with Gasteiger partial charge in [-0.3, -0.25) is 0 Å². The van der Waals surface area contributed by atoms with Gasteiger partial charge in [0.25, 0.3) is 0 Å².